The molecule has 17 heavy (non-hydrogen) atoms. The normalized spacial score (nSPS) is 22.5. The smallest absolute Gasteiger partial charge is 0.342 e. The molecular weight excluding hydrogens is 240 g/mol. The first kappa shape index (κ1) is 10.7. The lowest BCUT2D eigenvalue weighted by Gasteiger charge is -2.07. The van der Waals surface area contributed by atoms with Crippen molar-refractivity contribution in [1.82, 2.24) is 0 Å². The van der Waals surface area contributed by atoms with Gasteiger partial charge < -0.3 is 5.32 Å². The van der Waals surface area contributed by atoms with E-state index >= 15 is 0 Å². The zero-order valence-corrected chi connectivity index (χ0v) is 10.1. The summed E-state index contributed by atoms with van der Waals surface area (Å²) in [5.74, 6) is 0.487. The Hall–Kier alpha value is -1.40. The van der Waals surface area contributed by atoms with Crippen molar-refractivity contribution in [3.63, 3.8) is 0 Å². The van der Waals surface area contributed by atoms with E-state index in [9.17, 15) is 8.42 Å². The van der Waals surface area contributed by atoms with Gasteiger partial charge in [-0.25, -0.2) is 0 Å². The number of nitrogens with zero attached hydrogens (tertiary/aromatic N) is 1. The third-order valence-corrected chi connectivity index (χ3v) is 4.14. The maximum Gasteiger partial charge on any atom is 0.382 e. The summed E-state index contributed by atoms with van der Waals surface area (Å²) in [5, 5.41) is 3.07. The number of benzene rings is 1. The average Bonchev–Trinajstić information content (AvgIpc) is 3.04. The van der Waals surface area contributed by atoms with Gasteiger partial charge in [-0.1, -0.05) is 18.2 Å². The second-order valence-electron chi connectivity index (χ2n) is 4.29. The highest BCUT2D eigenvalue weighted by Gasteiger charge is 2.54. The Labute approximate surface area is 99.8 Å². The van der Waals surface area contributed by atoms with Gasteiger partial charge in [0.1, 0.15) is 5.84 Å². The molecule has 1 heterocycles. The molecule has 1 aliphatic heterocycles. The van der Waals surface area contributed by atoms with Crippen LogP contribution in [0, 0.1) is 0 Å². The minimum Gasteiger partial charge on any atom is -0.342 e. The topological polar surface area (TPSA) is 67.8 Å². The van der Waals surface area contributed by atoms with E-state index in [0.717, 1.165) is 31.2 Å². The fraction of sp³-hybridized carbons (Fsp3) is 0.364. The summed E-state index contributed by atoms with van der Waals surface area (Å²) in [6.45, 7) is 0. The molecule has 5 nitrogen and oxygen atoms in total. The summed E-state index contributed by atoms with van der Waals surface area (Å²) in [4.78, 5) is 0. The van der Waals surface area contributed by atoms with Crippen molar-refractivity contribution in [3.8, 4) is 0 Å². The predicted octanol–water partition coefficient (Wildman–Crippen LogP) is 1.43. The second-order valence-corrected chi connectivity index (χ2v) is 5.66. The monoisotopic (exact) mass is 252 g/mol. The van der Waals surface area contributed by atoms with Crippen molar-refractivity contribution >= 4 is 21.8 Å². The van der Waals surface area contributed by atoms with Crippen LogP contribution < -0.4 is 5.32 Å². The first-order valence-electron chi connectivity index (χ1n) is 5.35. The largest absolute Gasteiger partial charge is 0.382 e. The molecule has 0 amide bonds. The number of anilines is 1. The van der Waals surface area contributed by atoms with Gasteiger partial charge in [0.25, 0.3) is 0 Å². The molecule has 1 saturated carbocycles. The highest BCUT2D eigenvalue weighted by Crippen LogP contribution is 2.55. The number of fused-ring (bicyclic) bond motifs is 2. The number of rotatable bonds is 2. The average molecular weight is 252 g/mol. The van der Waals surface area contributed by atoms with E-state index < -0.39 is 10.3 Å². The molecule has 0 radical (unpaired) electrons. The van der Waals surface area contributed by atoms with Gasteiger partial charge in [0.15, 0.2) is 0 Å². The van der Waals surface area contributed by atoms with E-state index in [1.165, 1.54) is 0 Å². The fourth-order valence-electron chi connectivity index (χ4n) is 2.27. The zero-order valence-electron chi connectivity index (χ0n) is 9.30. The maximum atomic E-state index is 11.4. The van der Waals surface area contributed by atoms with Crippen LogP contribution in [0.15, 0.2) is 28.7 Å². The lowest BCUT2D eigenvalue weighted by atomic mass is 9.98. The Morgan fingerprint density at radius 1 is 1.35 bits per heavy atom. The number of nitrogens with one attached hydrogen (secondary N) is 1. The highest BCUT2D eigenvalue weighted by atomic mass is 32.2. The Kier molecular flexibility index (Phi) is 2.08. The summed E-state index contributed by atoms with van der Waals surface area (Å²) in [5.41, 5.74) is 1.85. The molecular formula is C11H12N2O3S. The lowest BCUT2D eigenvalue weighted by molar-refractivity contribution is 0.399. The van der Waals surface area contributed by atoms with E-state index in [2.05, 4.69) is 13.9 Å². The van der Waals surface area contributed by atoms with Crippen molar-refractivity contribution < 1.29 is 12.6 Å². The van der Waals surface area contributed by atoms with Crippen LogP contribution in [0.25, 0.3) is 0 Å². The Morgan fingerprint density at radius 3 is 2.71 bits per heavy atom. The number of hydrogen-bond donors (Lipinski definition) is 1. The van der Waals surface area contributed by atoms with Crippen LogP contribution in [0.2, 0.25) is 0 Å². The molecule has 0 atom stereocenters. The van der Waals surface area contributed by atoms with Gasteiger partial charge in [-0.2, -0.15) is 8.42 Å². The van der Waals surface area contributed by atoms with Crippen molar-refractivity contribution in [2.75, 3.05) is 12.4 Å². The third-order valence-electron chi connectivity index (χ3n) is 3.31. The van der Waals surface area contributed by atoms with Crippen LogP contribution in [0.3, 0.4) is 0 Å². The van der Waals surface area contributed by atoms with Gasteiger partial charge in [-0.15, -0.1) is 4.40 Å². The molecule has 0 aromatic heterocycles. The van der Waals surface area contributed by atoms with Crippen LogP contribution in [0.4, 0.5) is 5.69 Å². The summed E-state index contributed by atoms with van der Waals surface area (Å²) in [7, 11) is -2.71. The van der Waals surface area contributed by atoms with E-state index in [-0.39, 0.29) is 5.41 Å². The molecule has 1 aromatic carbocycles. The molecule has 1 aliphatic carbocycles. The van der Waals surface area contributed by atoms with Gasteiger partial charge in [-0.05, 0) is 24.5 Å². The van der Waals surface area contributed by atoms with Gasteiger partial charge in [0, 0.05) is 5.69 Å². The zero-order chi connectivity index (χ0) is 12.1. The molecule has 1 spiro atoms. The van der Waals surface area contributed by atoms with Gasteiger partial charge in [0.05, 0.1) is 12.5 Å². The van der Waals surface area contributed by atoms with Crippen LogP contribution in [0.1, 0.15) is 18.4 Å². The van der Waals surface area contributed by atoms with Gasteiger partial charge >= 0.3 is 10.3 Å². The first-order chi connectivity index (χ1) is 8.07. The maximum absolute atomic E-state index is 11.4. The standard InChI is InChI=1S/C11H12N2O3S/c1-16-17(14,15)13-10-11(6-7-11)8-4-2-3-5-9(8)12-10/h2-5H,6-7H2,1H3,(H,12,13). The van der Waals surface area contributed by atoms with E-state index in [1.807, 2.05) is 24.3 Å². The van der Waals surface area contributed by atoms with Crippen molar-refractivity contribution in [3.05, 3.63) is 29.8 Å². The minimum absolute atomic E-state index is 0.220. The highest BCUT2D eigenvalue weighted by molar-refractivity contribution is 7.85. The molecule has 0 bridgehead atoms. The molecule has 2 aliphatic rings. The van der Waals surface area contributed by atoms with Crippen LogP contribution in [-0.4, -0.2) is 21.4 Å². The number of amidine groups is 1. The summed E-state index contributed by atoms with van der Waals surface area (Å²) in [6.07, 6.45) is 1.85. The molecule has 1 aromatic rings. The number of hydrogen-bond acceptors (Lipinski definition) is 3. The van der Waals surface area contributed by atoms with Crippen LogP contribution in [0.5, 0.6) is 0 Å². The molecule has 3 rings (SSSR count). The van der Waals surface area contributed by atoms with Gasteiger partial charge in [0.2, 0.25) is 0 Å². The first-order valence-corrected chi connectivity index (χ1v) is 6.71. The Bertz CT molecular complexity index is 603. The summed E-state index contributed by atoms with van der Waals surface area (Å²) in [6, 6.07) is 7.80. The van der Waals surface area contributed by atoms with Crippen molar-refractivity contribution in [2.45, 2.75) is 18.3 Å². The van der Waals surface area contributed by atoms with E-state index in [1.54, 1.807) is 0 Å². The predicted molar refractivity (Wildman–Crippen MR) is 64.3 cm³/mol. The third kappa shape index (κ3) is 1.56. The van der Waals surface area contributed by atoms with Crippen molar-refractivity contribution in [2.24, 2.45) is 4.40 Å². The summed E-state index contributed by atoms with van der Waals surface area (Å²) < 4.78 is 30.8. The van der Waals surface area contributed by atoms with Crippen LogP contribution in [-0.2, 0) is 19.9 Å². The molecule has 90 valence electrons. The van der Waals surface area contributed by atoms with E-state index in [4.69, 9.17) is 0 Å². The Morgan fingerprint density at radius 2 is 2.06 bits per heavy atom. The van der Waals surface area contributed by atoms with Gasteiger partial charge in [-0.3, -0.25) is 4.18 Å². The second kappa shape index (κ2) is 3.30. The summed E-state index contributed by atoms with van der Waals surface area (Å²) >= 11 is 0. The fourth-order valence-corrected chi connectivity index (χ4v) is 2.79. The molecule has 6 heteroatoms. The van der Waals surface area contributed by atoms with Crippen molar-refractivity contribution in [1.29, 1.82) is 0 Å². The molecule has 1 fully saturated rings. The molecule has 0 unspecified atom stereocenters. The lowest BCUT2D eigenvalue weighted by Crippen LogP contribution is -2.21. The molecule has 1 N–H and O–H groups in total. The minimum atomic E-state index is -3.83. The molecule has 0 saturated heterocycles. The Balaban J connectivity index is 2.09. The quantitative estimate of drug-likeness (QED) is 0.864. The SMILES string of the molecule is COS(=O)(=O)N=C1Nc2ccccc2C12CC2. The van der Waals surface area contributed by atoms with Crippen LogP contribution >= 0.6 is 0 Å². The number of para-hydroxylation sites is 1. The van der Waals surface area contributed by atoms with E-state index in [0.29, 0.717) is 5.84 Å².